The summed E-state index contributed by atoms with van der Waals surface area (Å²) in [6.07, 6.45) is 3.13. The summed E-state index contributed by atoms with van der Waals surface area (Å²) in [4.78, 5) is 35.5. The van der Waals surface area contributed by atoms with Gasteiger partial charge in [-0.25, -0.2) is 0 Å². The Hall–Kier alpha value is -0.830. The van der Waals surface area contributed by atoms with Gasteiger partial charge in [0.05, 0.1) is 23.1 Å². The van der Waals surface area contributed by atoms with Gasteiger partial charge < -0.3 is 28.0 Å². The number of ketones is 1. The summed E-state index contributed by atoms with van der Waals surface area (Å²) >= 11 is 6.12. The van der Waals surface area contributed by atoms with Crippen LogP contribution in [0, 0.1) is 0 Å². The van der Waals surface area contributed by atoms with Crippen molar-refractivity contribution < 1.29 is 82.8 Å². The molecule has 0 aliphatic rings. The quantitative estimate of drug-likeness (QED) is 0.175. The molecule has 0 amide bonds. The molecule has 0 bridgehead atoms. The molecule has 148 valence electrons. The van der Waals surface area contributed by atoms with E-state index < -0.39 is 7.82 Å². The fraction of sp³-hybridized carbons (Fsp3) is 0.0500. The average Bonchev–Trinajstić information content (AvgIpc) is 3.23. The minimum absolute atomic E-state index is 0. The third-order valence-electron chi connectivity index (χ3n) is 4.53. The van der Waals surface area contributed by atoms with E-state index in [1.165, 1.54) is 6.20 Å². The molecule has 31 heavy (non-hydrogen) atoms. The minimum atomic E-state index is -5.28. The summed E-state index contributed by atoms with van der Waals surface area (Å²) in [5.41, 5.74) is 1.87. The van der Waals surface area contributed by atoms with E-state index in [2.05, 4.69) is 4.52 Å². The minimum Gasteiger partial charge on any atom is -0.780 e. The van der Waals surface area contributed by atoms with E-state index in [0.717, 1.165) is 0 Å². The van der Waals surface area contributed by atoms with E-state index in [1.54, 1.807) is 77.0 Å². The van der Waals surface area contributed by atoms with Crippen LogP contribution >= 0.6 is 19.4 Å². The Labute approximate surface area is 227 Å². The molecule has 2 heterocycles. The molecule has 0 radical (unpaired) electrons. The van der Waals surface area contributed by atoms with E-state index in [4.69, 9.17) is 11.6 Å². The number of hydrogen-bond donors (Lipinski definition) is 0. The zero-order valence-corrected chi connectivity index (χ0v) is 22.8. The second-order valence-corrected chi connectivity index (χ2v) is 7.93. The summed E-state index contributed by atoms with van der Waals surface area (Å²) in [7, 11) is -3.51. The van der Waals surface area contributed by atoms with Crippen molar-refractivity contribution in [3.8, 4) is 11.4 Å². The van der Waals surface area contributed by atoms with Crippen LogP contribution in [0.2, 0.25) is 5.02 Å². The molecule has 0 N–H and O–H groups in total. The molecule has 11 heteroatoms. The van der Waals surface area contributed by atoms with Gasteiger partial charge >= 0.3 is 59.1 Å². The van der Waals surface area contributed by atoms with Crippen molar-refractivity contribution in [1.29, 1.82) is 0 Å². The first-order valence-electron chi connectivity index (χ1n) is 8.52. The molecule has 0 unspecified atom stereocenters. The number of aryl methyl sites for hydroxylation is 1. The van der Waals surface area contributed by atoms with E-state index >= 15 is 0 Å². The zero-order valence-electron chi connectivity index (χ0n) is 17.1. The number of halogens is 1. The number of fused-ring (bicyclic) bond motifs is 1. The first-order chi connectivity index (χ1) is 13.7. The maximum Gasteiger partial charge on any atom is 1.00 e. The molecule has 4 rings (SSSR count). The predicted octanol–water partition coefficient (Wildman–Crippen LogP) is -2.93. The number of para-hydroxylation sites is 1. The molecule has 7 nitrogen and oxygen atoms in total. The van der Waals surface area contributed by atoms with Gasteiger partial charge in [-0.2, -0.15) is 0 Å². The van der Waals surface area contributed by atoms with Gasteiger partial charge in [-0.05, 0) is 42.5 Å². The standard InChI is InChI=1S/C20H16ClN2O5P.2Na/c1-22-10-4-7-17(22)20(24)15-5-2-3-6-16(15)23-12-19(28-29(25,26)27)14-9-8-13(21)11-18(14)23;;/h2-12H,1H3,(H2,25,26,27);;/q;2*+1/p-2. The van der Waals surface area contributed by atoms with Crippen molar-refractivity contribution in [2.75, 3.05) is 0 Å². The molecule has 0 fully saturated rings. The van der Waals surface area contributed by atoms with Crippen LogP contribution in [0.1, 0.15) is 16.1 Å². The molecule has 0 atom stereocenters. The molecule has 0 saturated carbocycles. The molecular weight excluding hydrogens is 461 g/mol. The SMILES string of the molecule is Cn1cccc1C(=O)c1ccccc1-n1cc(OP(=O)([O-])[O-])c2ccc(Cl)cc21.[Na+].[Na+]. The second kappa shape index (κ2) is 10.4. The van der Waals surface area contributed by atoms with Crippen molar-refractivity contribution in [1.82, 2.24) is 9.13 Å². The first kappa shape index (κ1) is 26.4. The van der Waals surface area contributed by atoms with Gasteiger partial charge in [0.1, 0.15) is 13.6 Å². The fourth-order valence-electron chi connectivity index (χ4n) is 3.27. The summed E-state index contributed by atoms with van der Waals surface area (Å²) in [6.45, 7) is 0. The maximum absolute atomic E-state index is 13.1. The number of phosphoric acid groups is 1. The molecule has 4 aromatic rings. The van der Waals surface area contributed by atoms with Crippen LogP contribution in [0.4, 0.5) is 0 Å². The van der Waals surface area contributed by atoms with Gasteiger partial charge in [0.2, 0.25) is 5.78 Å². The normalized spacial score (nSPS) is 11.0. The Morgan fingerprint density at radius 2 is 1.77 bits per heavy atom. The molecule has 0 saturated heterocycles. The Balaban J connectivity index is 0.00000171. The van der Waals surface area contributed by atoms with Crippen molar-refractivity contribution >= 4 is 36.1 Å². The Morgan fingerprint density at radius 1 is 1.06 bits per heavy atom. The third-order valence-corrected chi connectivity index (χ3v) is 5.18. The molecule has 2 aromatic heterocycles. The van der Waals surface area contributed by atoms with E-state index in [0.29, 0.717) is 32.9 Å². The number of rotatable bonds is 5. The summed E-state index contributed by atoms with van der Waals surface area (Å²) in [6, 6.07) is 15.1. The maximum atomic E-state index is 13.1. The molecule has 2 aromatic carbocycles. The van der Waals surface area contributed by atoms with Crippen LogP contribution < -0.4 is 73.4 Å². The van der Waals surface area contributed by atoms with Crippen molar-refractivity contribution in [3.63, 3.8) is 0 Å². The van der Waals surface area contributed by atoms with E-state index in [9.17, 15) is 19.1 Å². The van der Waals surface area contributed by atoms with Gasteiger partial charge in [-0.15, -0.1) is 0 Å². The molecule has 0 aliphatic carbocycles. The number of carbonyl (C=O) groups excluding carboxylic acids is 1. The van der Waals surface area contributed by atoms with Crippen molar-refractivity contribution in [3.05, 3.63) is 83.3 Å². The third kappa shape index (κ3) is 5.57. The topological polar surface area (TPSA) is 99.3 Å². The summed E-state index contributed by atoms with van der Waals surface area (Å²) in [5, 5.41) is 0.782. The van der Waals surface area contributed by atoms with Gasteiger partial charge in [0, 0.05) is 29.2 Å². The van der Waals surface area contributed by atoms with Gasteiger partial charge in [-0.1, -0.05) is 23.7 Å². The van der Waals surface area contributed by atoms with Crippen molar-refractivity contribution in [2.24, 2.45) is 7.05 Å². The summed E-state index contributed by atoms with van der Waals surface area (Å²) < 4.78 is 19.1. The molecule has 0 aliphatic heterocycles. The van der Waals surface area contributed by atoms with Gasteiger partial charge in [0.15, 0.2) is 0 Å². The smallest absolute Gasteiger partial charge is 0.780 e. The van der Waals surface area contributed by atoms with Crippen molar-refractivity contribution in [2.45, 2.75) is 0 Å². The van der Waals surface area contributed by atoms with Crippen LogP contribution in [-0.4, -0.2) is 14.9 Å². The number of hydrogen-bond acceptors (Lipinski definition) is 5. The van der Waals surface area contributed by atoms with E-state index in [-0.39, 0.29) is 70.6 Å². The average molecular weight is 475 g/mol. The predicted molar refractivity (Wildman–Crippen MR) is 105 cm³/mol. The Kier molecular flexibility index (Phi) is 8.87. The van der Waals surface area contributed by atoms with Crippen LogP contribution in [0.15, 0.2) is 67.0 Å². The first-order valence-corrected chi connectivity index (χ1v) is 10.4. The number of aromatic nitrogens is 2. The number of phosphoric ester groups is 1. The van der Waals surface area contributed by atoms with Gasteiger partial charge in [0.25, 0.3) is 0 Å². The Bertz CT molecular complexity index is 1300. The van der Waals surface area contributed by atoms with Gasteiger partial charge in [-0.3, -0.25) is 4.79 Å². The molecule has 0 spiro atoms. The zero-order chi connectivity index (χ0) is 20.8. The monoisotopic (exact) mass is 474 g/mol. The number of benzene rings is 2. The second-order valence-electron chi connectivity index (χ2n) is 6.41. The fourth-order valence-corrected chi connectivity index (χ4v) is 3.82. The number of nitrogens with zero attached hydrogens (tertiary/aromatic N) is 2. The van der Waals surface area contributed by atoms with Crippen LogP contribution in [-0.2, 0) is 11.6 Å². The molecular formula is C20H14ClN2Na2O5P. The van der Waals surface area contributed by atoms with Crippen LogP contribution in [0.3, 0.4) is 0 Å². The van der Waals surface area contributed by atoms with E-state index in [1.807, 2.05) is 0 Å². The summed E-state index contributed by atoms with van der Waals surface area (Å²) in [5.74, 6) is -0.344. The number of carbonyl (C=O) groups is 1. The van der Waals surface area contributed by atoms with Crippen LogP contribution in [0.25, 0.3) is 16.6 Å². The Morgan fingerprint density at radius 3 is 2.42 bits per heavy atom. The van der Waals surface area contributed by atoms with Crippen LogP contribution in [0.5, 0.6) is 5.75 Å². The largest absolute Gasteiger partial charge is 1.00 e.